The first-order valence-corrected chi connectivity index (χ1v) is 7.22. The van der Waals surface area contributed by atoms with E-state index in [-0.39, 0.29) is 0 Å². The van der Waals surface area contributed by atoms with Gasteiger partial charge in [0.2, 0.25) is 0 Å². The van der Waals surface area contributed by atoms with Gasteiger partial charge in [-0.15, -0.1) is 11.7 Å². The molecular formula is C14H14S2. The number of thiol groups is 1. The van der Waals surface area contributed by atoms with E-state index >= 15 is 0 Å². The number of benzene rings is 2. The van der Waals surface area contributed by atoms with Crippen LogP contribution < -0.4 is 0 Å². The van der Waals surface area contributed by atoms with E-state index in [0.717, 1.165) is 6.42 Å². The van der Waals surface area contributed by atoms with Crippen LogP contribution in [0.3, 0.4) is 0 Å². The van der Waals surface area contributed by atoms with Crippen LogP contribution in [0.2, 0.25) is 0 Å². The van der Waals surface area contributed by atoms with Crippen molar-refractivity contribution in [2.45, 2.75) is 18.2 Å². The van der Waals surface area contributed by atoms with Gasteiger partial charge in [0.25, 0.3) is 0 Å². The Hall–Kier alpha value is -0.860. The van der Waals surface area contributed by atoms with E-state index in [2.05, 4.69) is 61.0 Å². The first kappa shape index (κ1) is 11.6. The maximum absolute atomic E-state index is 4.31. The Bertz CT molecular complexity index is 463. The van der Waals surface area contributed by atoms with Crippen LogP contribution in [0, 0.1) is 0 Å². The molecule has 2 rings (SSSR count). The molecule has 2 aromatic rings. The fourth-order valence-corrected chi connectivity index (χ4v) is 2.92. The van der Waals surface area contributed by atoms with E-state index in [1.165, 1.54) is 32.4 Å². The Labute approximate surface area is 106 Å². The van der Waals surface area contributed by atoms with E-state index in [0.29, 0.717) is 0 Å². The van der Waals surface area contributed by atoms with Crippen LogP contribution in [0.4, 0.5) is 0 Å². The third-order valence-electron chi connectivity index (χ3n) is 2.67. The van der Waals surface area contributed by atoms with Gasteiger partial charge in [0.05, 0.1) is 0 Å². The van der Waals surface area contributed by atoms with Gasteiger partial charge in [-0.25, -0.2) is 0 Å². The molecule has 2 aromatic carbocycles. The number of hydrogen-bond donors (Lipinski definition) is 1. The van der Waals surface area contributed by atoms with Crippen molar-refractivity contribution < 1.29 is 0 Å². The van der Waals surface area contributed by atoms with Crippen LogP contribution in [-0.4, -0.2) is 0 Å². The predicted octanol–water partition coefficient (Wildman–Crippen LogP) is 4.85. The Balaban J connectivity index is 2.57. The molecular weight excluding hydrogens is 232 g/mol. The molecule has 0 nitrogen and oxygen atoms in total. The minimum Gasteiger partial charge on any atom is -0.106 e. The normalized spacial score (nSPS) is 10.4. The molecule has 0 saturated carbocycles. The summed E-state index contributed by atoms with van der Waals surface area (Å²) < 4.78 is 0. The van der Waals surface area contributed by atoms with Crippen molar-refractivity contribution >= 4 is 22.5 Å². The molecule has 0 fully saturated rings. The highest BCUT2D eigenvalue weighted by atomic mass is 33.1. The lowest BCUT2D eigenvalue weighted by Crippen LogP contribution is -1.89. The Morgan fingerprint density at radius 3 is 2.38 bits per heavy atom. The second-order valence-electron chi connectivity index (χ2n) is 3.59. The average molecular weight is 246 g/mol. The number of hydrogen-bond acceptors (Lipinski definition) is 2. The van der Waals surface area contributed by atoms with Crippen LogP contribution in [0.5, 0.6) is 0 Å². The maximum atomic E-state index is 4.31. The van der Waals surface area contributed by atoms with Crippen molar-refractivity contribution in [3.8, 4) is 11.1 Å². The van der Waals surface area contributed by atoms with Gasteiger partial charge in [-0.1, -0.05) is 60.2 Å². The summed E-state index contributed by atoms with van der Waals surface area (Å²) in [6.07, 6.45) is 1.04. The molecule has 0 atom stereocenters. The van der Waals surface area contributed by atoms with Crippen molar-refractivity contribution in [1.29, 1.82) is 0 Å². The molecule has 0 aliphatic heterocycles. The van der Waals surface area contributed by atoms with Gasteiger partial charge < -0.3 is 0 Å². The monoisotopic (exact) mass is 246 g/mol. The second kappa shape index (κ2) is 5.46. The molecule has 0 bridgehead atoms. The predicted molar refractivity (Wildman–Crippen MR) is 76.1 cm³/mol. The van der Waals surface area contributed by atoms with Gasteiger partial charge in [0, 0.05) is 4.90 Å². The highest BCUT2D eigenvalue weighted by Crippen LogP contribution is 2.33. The van der Waals surface area contributed by atoms with Crippen LogP contribution in [-0.2, 0) is 6.42 Å². The van der Waals surface area contributed by atoms with Crippen LogP contribution in [0.1, 0.15) is 12.5 Å². The van der Waals surface area contributed by atoms with Gasteiger partial charge in [0.1, 0.15) is 0 Å². The summed E-state index contributed by atoms with van der Waals surface area (Å²) in [5.41, 5.74) is 3.99. The molecule has 0 unspecified atom stereocenters. The largest absolute Gasteiger partial charge is 0.106 e. The second-order valence-corrected chi connectivity index (χ2v) is 4.76. The van der Waals surface area contributed by atoms with Crippen LogP contribution >= 0.6 is 22.5 Å². The Kier molecular flexibility index (Phi) is 3.97. The molecule has 0 amide bonds. The van der Waals surface area contributed by atoms with Gasteiger partial charge in [-0.2, -0.15) is 0 Å². The Morgan fingerprint density at radius 2 is 1.75 bits per heavy atom. The molecule has 82 valence electrons. The molecule has 2 heteroatoms. The zero-order valence-corrected chi connectivity index (χ0v) is 10.9. The fraction of sp³-hybridized carbons (Fsp3) is 0.143. The van der Waals surface area contributed by atoms with Gasteiger partial charge in [-0.05, 0) is 29.2 Å². The van der Waals surface area contributed by atoms with Crippen molar-refractivity contribution in [1.82, 2.24) is 0 Å². The Morgan fingerprint density at radius 1 is 1.00 bits per heavy atom. The minimum atomic E-state index is 1.04. The van der Waals surface area contributed by atoms with Gasteiger partial charge in [-0.3, -0.25) is 0 Å². The average Bonchev–Trinajstić information content (AvgIpc) is 2.38. The third kappa shape index (κ3) is 2.28. The van der Waals surface area contributed by atoms with Crippen LogP contribution in [0.25, 0.3) is 11.1 Å². The van der Waals surface area contributed by atoms with E-state index in [1.54, 1.807) is 0 Å². The summed E-state index contributed by atoms with van der Waals surface area (Å²) in [6.45, 7) is 2.19. The van der Waals surface area contributed by atoms with Crippen molar-refractivity contribution in [2.75, 3.05) is 0 Å². The standard InChI is InChI=1S/C14H14S2/c1-2-12-13(9-6-10-14(12)16-15)11-7-4-3-5-8-11/h3-10,15H,2H2,1H3. The molecule has 0 aliphatic rings. The van der Waals surface area contributed by atoms with Gasteiger partial charge in [0.15, 0.2) is 0 Å². The molecule has 0 N–H and O–H groups in total. The summed E-state index contributed by atoms with van der Waals surface area (Å²) in [4.78, 5) is 1.26. The van der Waals surface area contributed by atoms with Gasteiger partial charge >= 0.3 is 0 Å². The van der Waals surface area contributed by atoms with E-state index in [4.69, 9.17) is 0 Å². The lowest BCUT2D eigenvalue weighted by Gasteiger charge is -2.11. The quantitative estimate of drug-likeness (QED) is 0.596. The lowest BCUT2D eigenvalue weighted by molar-refractivity contribution is 1.09. The van der Waals surface area contributed by atoms with Crippen LogP contribution in [0.15, 0.2) is 53.4 Å². The summed E-state index contributed by atoms with van der Waals surface area (Å²) in [5, 5.41) is 0. The molecule has 0 radical (unpaired) electrons. The highest BCUT2D eigenvalue weighted by Gasteiger charge is 2.07. The van der Waals surface area contributed by atoms with Crippen molar-refractivity contribution in [3.05, 3.63) is 54.1 Å². The highest BCUT2D eigenvalue weighted by molar-refractivity contribution is 8.68. The molecule has 0 spiro atoms. The first-order valence-electron chi connectivity index (χ1n) is 5.35. The third-order valence-corrected chi connectivity index (χ3v) is 3.84. The molecule has 0 aliphatic carbocycles. The zero-order valence-electron chi connectivity index (χ0n) is 9.18. The van der Waals surface area contributed by atoms with E-state index in [1.807, 2.05) is 6.07 Å². The molecule has 0 aromatic heterocycles. The SMILES string of the molecule is CCc1c(SS)cccc1-c1ccccc1. The fourth-order valence-electron chi connectivity index (χ4n) is 1.90. The molecule has 0 saturated heterocycles. The first-order chi connectivity index (χ1) is 7.86. The van der Waals surface area contributed by atoms with E-state index < -0.39 is 0 Å². The minimum absolute atomic E-state index is 1.04. The molecule has 0 heterocycles. The van der Waals surface area contributed by atoms with Crippen molar-refractivity contribution in [2.24, 2.45) is 0 Å². The summed E-state index contributed by atoms with van der Waals surface area (Å²) in [6, 6.07) is 16.9. The lowest BCUT2D eigenvalue weighted by atomic mass is 9.98. The maximum Gasteiger partial charge on any atom is 0.0218 e. The summed E-state index contributed by atoms with van der Waals surface area (Å²) in [5.74, 6) is 0. The topological polar surface area (TPSA) is 0 Å². The zero-order chi connectivity index (χ0) is 11.4. The van der Waals surface area contributed by atoms with Crippen molar-refractivity contribution in [3.63, 3.8) is 0 Å². The molecule has 16 heavy (non-hydrogen) atoms. The number of rotatable bonds is 3. The summed E-state index contributed by atoms with van der Waals surface area (Å²) >= 11 is 4.31. The summed E-state index contributed by atoms with van der Waals surface area (Å²) in [7, 11) is 1.52. The van der Waals surface area contributed by atoms with E-state index in [9.17, 15) is 0 Å². The smallest absolute Gasteiger partial charge is 0.0218 e.